The van der Waals surface area contributed by atoms with Gasteiger partial charge in [-0.25, -0.2) is 4.98 Å². The van der Waals surface area contributed by atoms with Gasteiger partial charge in [-0.05, 0) is 43.3 Å². The van der Waals surface area contributed by atoms with Gasteiger partial charge in [0.05, 0.1) is 10.2 Å². The molecule has 1 aromatic heterocycles. The van der Waals surface area contributed by atoms with E-state index in [4.69, 9.17) is 4.74 Å². The second-order valence-electron chi connectivity index (χ2n) is 4.73. The number of nitrogens with one attached hydrogen (secondary N) is 1. The number of aromatic hydroxyl groups is 1. The molecule has 1 atom stereocenters. The summed E-state index contributed by atoms with van der Waals surface area (Å²) in [7, 11) is 0. The van der Waals surface area contributed by atoms with Gasteiger partial charge >= 0.3 is 0 Å². The van der Waals surface area contributed by atoms with Crippen LogP contribution in [0.5, 0.6) is 11.5 Å². The molecule has 0 saturated heterocycles. The number of thiazole rings is 1. The van der Waals surface area contributed by atoms with Crippen LogP contribution in [0.2, 0.25) is 0 Å². The van der Waals surface area contributed by atoms with Crippen LogP contribution in [0.25, 0.3) is 10.2 Å². The molecular weight excluding hydrogens is 300 g/mol. The van der Waals surface area contributed by atoms with Gasteiger partial charge < -0.3 is 9.84 Å². The molecule has 22 heavy (non-hydrogen) atoms. The van der Waals surface area contributed by atoms with E-state index >= 15 is 0 Å². The number of phenolic OH excluding ortho intramolecular Hbond substituents is 1. The number of carbonyl (C=O) groups excluding carboxylic acids is 1. The molecule has 1 heterocycles. The van der Waals surface area contributed by atoms with Crippen LogP contribution in [0.3, 0.4) is 0 Å². The van der Waals surface area contributed by atoms with Gasteiger partial charge in [0.15, 0.2) is 11.2 Å². The van der Waals surface area contributed by atoms with Gasteiger partial charge in [-0.2, -0.15) is 0 Å². The van der Waals surface area contributed by atoms with Crippen molar-refractivity contribution in [3.63, 3.8) is 0 Å². The van der Waals surface area contributed by atoms with Gasteiger partial charge in [-0.15, -0.1) is 0 Å². The van der Waals surface area contributed by atoms with E-state index < -0.39 is 6.10 Å². The van der Waals surface area contributed by atoms with E-state index in [1.54, 1.807) is 19.1 Å². The maximum absolute atomic E-state index is 12.1. The second-order valence-corrected chi connectivity index (χ2v) is 5.76. The van der Waals surface area contributed by atoms with Gasteiger partial charge in [0.25, 0.3) is 5.91 Å². The summed E-state index contributed by atoms with van der Waals surface area (Å²) < 4.78 is 6.55. The molecule has 0 spiro atoms. The lowest BCUT2D eigenvalue weighted by molar-refractivity contribution is -0.122. The van der Waals surface area contributed by atoms with Crippen molar-refractivity contribution in [2.24, 2.45) is 0 Å². The molecule has 112 valence electrons. The van der Waals surface area contributed by atoms with Crippen LogP contribution in [0.4, 0.5) is 5.13 Å². The lowest BCUT2D eigenvalue weighted by atomic mass is 10.3. The number of amides is 1. The summed E-state index contributed by atoms with van der Waals surface area (Å²) >= 11 is 1.42. The van der Waals surface area contributed by atoms with Gasteiger partial charge in [-0.1, -0.05) is 23.5 Å². The van der Waals surface area contributed by atoms with Crippen LogP contribution >= 0.6 is 11.3 Å². The molecule has 5 nitrogen and oxygen atoms in total. The lowest BCUT2D eigenvalue weighted by Crippen LogP contribution is -2.30. The standard InChI is InChI=1S/C16H14N2O3S/c1-10(21-12-8-6-11(19)7-9-12)15(20)18-16-17-13-4-2-3-5-14(13)22-16/h2-10,19H,1H3,(H,17,18,20)/t10-/m1/s1. The number of ether oxygens (including phenoxy) is 1. The Hall–Kier alpha value is -2.60. The molecule has 0 saturated carbocycles. The van der Waals surface area contributed by atoms with E-state index in [1.165, 1.54) is 23.5 Å². The van der Waals surface area contributed by atoms with Crippen LogP contribution in [0, 0.1) is 0 Å². The fourth-order valence-electron chi connectivity index (χ4n) is 1.92. The summed E-state index contributed by atoms with van der Waals surface area (Å²) in [5.41, 5.74) is 0.856. The number of para-hydroxylation sites is 1. The fraction of sp³-hybridized carbons (Fsp3) is 0.125. The van der Waals surface area contributed by atoms with Crippen LogP contribution in [0.1, 0.15) is 6.92 Å². The summed E-state index contributed by atoms with van der Waals surface area (Å²) in [5, 5.41) is 12.5. The van der Waals surface area contributed by atoms with E-state index in [0.717, 1.165) is 10.2 Å². The van der Waals surface area contributed by atoms with Crippen molar-refractivity contribution < 1.29 is 14.6 Å². The van der Waals surface area contributed by atoms with Gasteiger partial charge in [0.2, 0.25) is 0 Å². The number of rotatable bonds is 4. The Balaban J connectivity index is 1.66. The van der Waals surface area contributed by atoms with E-state index in [9.17, 15) is 9.90 Å². The third kappa shape index (κ3) is 3.17. The Morgan fingerprint density at radius 3 is 2.68 bits per heavy atom. The minimum Gasteiger partial charge on any atom is -0.508 e. The van der Waals surface area contributed by atoms with Crippen molar-refractivity contribution in [1.29, 1.82) is 0 Å². The predicted molar refractivity (Wildman–Crippen MR) is 86.4 cm³/mol. The average molecular weight is 314 g/mol. The first kappa shape index (κ1) is 14.3. The first-order valence-electron chi connectivity index (χ1n) is 6.74. The zero-order valence-corrected chi connectivity index (χ0v) is 12.6. The zero-order valence-electron chi connectivity index (χ0n) is 11.8. The SMILES string of the molecule is C[C@@H](Oc1ccc(O)cc1)C(=O)Nc1nc2ccccc2s1. The third-order valence-corrected chi connectivity index (χ3v) is 3.99. The zero-order chi connectivity index (χ0) is 15.5. The topological polar surface area (TPSA) is 71.5 Å². The van der Waals surface area contributed by atoms with Crippen molar-refractivity contribution in [2.45, 2.75) is 13.0 Å². The van der Waals surface area contributed by atoms with E-state index in [0.29, 0.717) is 10.9 Å². The van der Waals surface area contributed by atoms with Crippen molar-refractivity contribution in [3.8, 4) is 11.5 Å². The molecule has 1 amide bonds. The number of aromatic nitrogens is 1. The summed E-state index contributed by atoms with van der Waals surface area (Å²) in [6.07, 6.45) is -0.670. The fourth-order valence-corrected chi connectivity index (χ4v) is 2.78. The Labute approximate surface area is 131 Å². The highest BCUT2D eigenvalue weighted by Gasteiger charge is 2.16. The van der Waals surface area contributed by atoms with Gasteiger partial charge in [0.1, 0.15) is 11.5 Å². The molecule has 0 fully saturated rings. The number of anilines is 1. The van der Waals surface area contributed by atoms with Crippen LogP contribution in [0.15, 0.2) is 48.5 Å². The largest absolute Gasteiger partial charge is 0.508 e. The molecule has 0 aliphatic heterocycles. The number of hydrogen-bond donors (Lipinski definition) is 2. The minimum absolute atomic E-state index is 0.152. The molecule has 0 unspecified atom stereocenters. The molecule has 0 radical (unpaired) electrons. The third-order valence-electron chi connectivity index (χ3n) is 3.04. The quantitative estimate of drug-likeness (QED) is 0.774. The highest BCUT2D eigenvalue weighted by Crippen LogP contribution is 2.25. The van der Waals surface area contributed by atoms with Crippen molar-refractivity contribution >= 4 is 32.6 Å². The summed E-state index contributed by atoms with van der Waals surface area (Å²) in [5.74, 6) is 0.399. The number of benzene rings is 2. The lowest BCUT2D eigenvalue weighted by Gasteiger charge is -2.13. The highest BCUT2D eigenvalue weighted by molar-refractivity contribution is 7.22. The average Bonchev–Trinajstić information content (AvgIpc) is 2.91. The molecule has 3 aromatic rings. The minimum atomic E-state index is -0.670. The maximum atomic E-state index is 12.1. The van der Waals surface area contributed by atoms with E-state index in [1.807, 2.05) is 24.3 Å². The molecule has 0 aliphatic rings. The molecule has 2 aromatic carbocycles. The molecule has 3 rings (SSSR count). The molecular formula is C16H14N2O3S. The van der Waals surface area contributed by atoms with Crippen molar-refractivity contribution in [2.75, 3.05) is 5.32 Å². The predicted octanol–water partition coefficient (Wildman–Crippen LogP) is 3.41. The van der Waals surface area contributed by atoms with Crippen LogP contribution in [-0.2, 0) is 4.79 Å². The normalized spacial score (nSPS) is 12.0. The number of hydrogen-bond acceptors (Lipinski definition) is 5. The number of nitrogens with zero attached hydrogens (tertiary/aromatic N) is 1. The smallest absolute Gasteiger partial charge is 0.266 e. The Kier molecular flexibility index (Phi) is 3.93. The number of phenols is 1. The molecule has 0 bridgehead atoms. The molecule has 0 aliphatic carbocycles. The Bertz CT molecular complexity index is 766. The Morgan fingerprint density at radius 1 is 1.23 bits per heavy atom. The van der Waals surface area contributed by atoms with Crippen molar-refractivity contribution in [1.82, 2.24) is 4.98 Å². The van der Waals surface area contributed by atoms with Crippen LogP contribution < -0.4 is 10.1 Å². The highest BCUT2D eigenvalue weighted by atomic mass is 32.1. The number of carbonyl (C=O) groups is 1. The first-order chi connectivity index (χ1) is 10.6. The Morgan fingerprint density at radius 2 is 1.95 bits per heavy atom. The summed E-state index contributed by atoms with van der Waals surface area (Å²) in [4.78, 5) is 16.5. The molecule has 6 heteroatoms. The summed E-state index contributed by atoms with van der Waals surface area (Å²) in [6, 6.07) is 13.9. The monoisotopic (exact) mass is 314 g/mol. The first-order valence-corrected chi connectivity index (χ1v) is 7.55. The van der Waals surface area contributed by atoms with E-state index in [-0.39, 0.29) is 11.7 Å². The van der Waals surface area contributed by atoms with Gasteiger partial charge in [0, 0.05) is 0 Å². The van der Waals surface area contributed by atoms with E-state index in [2.05, 4.69) is 10.3 Å². The summed E-state index contributed by atoms with van der Waals surface area (Å²) in [6.45, 7) is 1.66. The molecule has 2 N–H and O–H groups in total. The van der Waals surface area contributed by atoms with Crippen molar-refractivity contribution in [3.05, 3.63) is 48.5 Å². The number of fused-ring (bicyclic) bond motifs is 1. The van der Waals surface area contributed by atoms with Gasteiger partial charge in [-0.3, -0.25) is 10.1 Å². The maximum Gasteiger partial charge on any atom is 0.266 e. The second kappa shape index (κ2) is 6.03. The van der Waals surface area contributed by atoms with Crippen LogP contribution in [-0.4, -0.2) is 22.1 Å².